The number of carboxylic acids is 1. The van der Waals surface area contributed by atoms with E-state index in [1.54, 1.807) is 0 Å². The maximum atomic E-state index is 13.1. The molecule has 186 valence electrons. The number of nitrogens with one attached hydrogen (secondary N) is 2. The van der Waals surface area contributed by atoms with E-state index >= 15 is 0 Å². The number of carbonyl (C=O) groups excluding carboxylic acids is 1. The maximum Gasteiger partial charge on any atom is 0.490 e. The van der Waals surface area contributed by atoms with E-state index in [4.69, 9.17) is 9.90 Å². The summed E-state index contributed by atoms with van der Waals surface area (Å²) in [6.45, 7) is 6.63. The Morgan fingerprint density at radius 1 is 1.06 bits per heavy atom. The summed E-state index contributed by atoms with van der Waals surface area (Å²) in [6.07, 6.45) is -3.31. The molecule has 1 amide bonds. The van der Waals surface area contributed by atoms with Crippen LogP contribution in [-0.4, -0.2) is 49.3 Å². The summed E-state index contributed by atoms with van der Waals surface area (Å²) < 4.78 is 44.8. The monoisotopic (exact) mass is 483 g/mol. The Morgan fingerprint density at radius 2 is 1.56 bits per heavy atom. The average molecular weight is 484 g/mol. The van der Waals surface area contributed by atoms with E-state index in [0.717, 1.165) is 54.9 Å². The fourth-order valence-electron chi connectivity index (χ4n) is 3.78. The Morgan fingerprint density at radius 3 is 2.00 bits per heavy atom. The van der Waals surface area contributed by atoms with Gasteiger partial charge in [0.2, 0.25) is 0 Å². The van der Waals surface area contributed by atoms with Gasteiger partial charge in [-0.15, -0.1) is 0 Å². The molecule has 0 saturated carbocycles. The number of nitrogens with zero attached hydrogens (tertiary/aromatic N) is 1. The van der Waals surface area contributed by atoms with Crippen molar-refractivity contribution in [3.63, 3.8) is 0 Å². The third kappa shape index (κ3) is 7.72. The summed E-state index contributed by atoms with van der Waals surface area (Å²) in [4.78, 5) is 23.8. The lowest BCUT2D eigenvalue weighted by molar-refractivity contribution is -0.192. The van der Waals surface area contributed by atoms with Gasteiger partial charge in [-0.25, -0.2) is 9.18 Å². The van der Waals surface area contributed by atoms with Crippen molar-refractivity contribution < 1.29 is 32.3 Å². The molecule has 0 bridgehead atoms. The zero-order valence-electron chi connectivity index (χ0n) is 19.3. The molecule has 34 heavy (non-hydrogen) atoms. The lowest BCUT2D eigenvalue weighted by Crippen LogP contribution is -2.44. The number of hydrogen-bond acceptors (Lipinski definition) is 4. The van der Waals surface area contributed by atoms with Gasteiger partial charge in [0.1, 0.15) is 5.82 Å². The summed E-state index contributed by atoms with van der Waals surface area (Å²) in [5, 5.41) is 13.5. The standard InChI is InChI=1S/C22H28FN3O.C2HF3O2/c1-15-12-17(13-16(2)21(15)14-24-3)22(27)25-19-8-10-26(11-9-19)20-6-4-18(23)5-7-20;3-2(4,5)1(6)7/h4-7,12-13,19,24H,8-11,14H2,1-3H3,(H,25,27);(H,6,7). The molecule has 1 fully saturated rings. The van der Waals surface area contributed by atoms with E-state index in [9.17, 15) is 22.4 Å². The molecule has 0 atom stereocenters. The quantitative estimate of drug-likeness (QED) is 0.556. The number of carboxylic acid groups (broad SMARTS) is 1. The number of rotatable bonds is 5. The normalized spacial score (nSPS) is 14.3. The molecule has 1 heterocycles. The molecule has 6 nitrogen and oxygen atoms in total. The number of alkyl halides is 3. The van der Waals surface area contributed by atoms with Crippen LogP contribution in [0.2, 0.25) is 0 Å². The van der Waals surface area contributed by atoms with E-state index < -0.39 is 12.1 Å². The predicted octanol–water partition coefficient (Wildman–Crippen LogP) is 4.19. The Hall–Kier alpha value is -3.14. The first-order valence-electron chi connectivity index (χ1n) is 10.8. The molecule has 1 saturated heterocycles. The molecule has 2 aromatic carbocycles. The number of aryl methyl sites for hydroxylation is 2. The summed E-state index contributed by atoms with van der Waals surface area (Å²) >= 11 is 0. The van der Waals surface area contributed by atoms with Gasteiger partial charge >= 0.3 is 12.1 Å². The van der Waals surface area contributed by atoms with Crippen LogP contribution in [0, 0.1) is 19.7 Å². The molecule has 0 radical (unpaired) electrons. The van der Waals surface area contributed by atoms with Gasteiger partial charge in [0, 0.05) is 36.9 Å². The van der Waals surface area contributed by atoms with Crippen LogP contribution < -0.4 is 15.5 Å². The van der Waals surface area contributed by atoms with Crippen LogP contribution in [-0.2, 0) is 11.3 Å². The van der Waals surface area contributed by atoms with Crippen molar-refractivity contribution in [3.05, 3.63) is 64.5 Å². The number of benzene rings is 2. The minimum Gasteiger partial charge on any atom is -0.475 e. The predicted molar refractivity (Wildman–Crippen MR) is 121 cm³/mol. The zero-order valence-corrected chi connectivity index (χ0v) is 19.3. The number of anilines is 1. The lowest BCUT2D eigenvalue weighted by atomic mass is 9.98. The minimum absolute atomic E-state index is 0.00237. The fraction of sp³-hybridized carbons (Fsp3) is 0.417. The van der Waals surface area contributed by atoms with E-state index in [-0.39, 0.29) is 17.8 Å². The molecular weight excluding hydrogens is 454 g/mol. The maximum absolute atomic E-state index is 13.1. The number of piperidine rings is 1. The second-order valence-corrected chi connectivity index (χ2v) is 8.13. The molecule has 0 aromatic heterocycles. The molecular formula is C24H29F4N3O3. The number of halogens is 4. The van der Waals surface area contributed by atoms with Crippen molar-refractivity contribution in [3.8, 4) is 0 Å². The van der Waals surface area contributed by atoms with Gasteiger partial charge in [-0.3, -0.25) is 4.79 Å². The lowest BCUT2D eigenvalue weighted by Gasteiger charge is -2.34. The number of amides is 1. The molecule has 2 aromatic rings. The molecule has 0 unspecified atom stereocenters. The van der Waals surface area contributed by atoms with Crippen LogP contribution in [0.25, 0.3) is 0 Å². The summed E-state index contributed by atoms with van der Waals surface area (Å²) in [6, 6.07) is 10.7. The Bertz CT molecular complexity index is 963. The van der Waals surface area contributed by atoms with Crippen LogP contribution in [0.3, 0.4) is 0 Å². The highest BCUT2D eigenvalue weighted by atomic mass is 19.4. The van der Waals surface area contributed by atoms with Crippen molar-refractivity contribution >= 4 is 17.6 Å². The van der Waals surface area contributed by atoms with Crippen molar-refractivity contribution in [1.82, 2.24) is 10.6 Å². The van der Waals surface area contributed by atoms with Gasteiger partial charge in [0.25, 0.3) is 5.91 Å². The molecule has 0 spiro atoms. The second kappa shape index (κ2) is 11.8. The highest BCUT2D eigenvalue weighted by Crippen LogP contribution is 2.21. The van der Waals surface area contributed by atoms with Gasteiger partial charge in [-0.05, 0) is 86.8 Å². The van der Waals surface area contributed by atoms with Gasteiger partial charge in [0.15, 0.2) is 0 Å². The van der Waals surface area contributed by atoms with E-state index in [1.165, 1.54) is 17.7 Å². The summed E-state index contributed by atoms with van der Waals surface area (Å²) in [5.74, 6) is -2.97. The van der Waals surface area contributed by atoms with Crippen LogP contribution >= 0.6 is 0 Å². The van der Waals surface area contributed by atoms with E-state index in [1.807, 2.05) is 31.3 Å². The summed E-state index contributed by atoms with van der Waals surface area (Å²) in [5.41, 5.74) is 5.29. The molecule has 0 aliphatic carbocycles. The highest BCUT2D eigenvalue weighted by Gasteiger charge is 2.38. The van der Waals surface area contributed by atoms with E-state index in [0.29, 0.717) is 0 Å². The van der Waals surface area contributed by atoms with Crippen molar-refractivity contribution in [2.45, 2.75) is 45.5 Å². The van der Waals surface area contributed by atoms with Crippen LogP contribution in [0.1, 0.15) is 39.9 Å². The molecule has 1 aliphatic heterocycles. The molecule has 3 N–H and O–H groups in total. The smallest absolute Gasteiger partial charge is 0.475 e. The number of hydrogen-bond donors (Lipinski definition) is 3. The largest absolute Gasteiger partial charge is 0.490 e. The van der Waals surface area contributed by atoms with Gasteiger partial charge in [0.05, 0.1) is 0 Å². The number of aliphatic carboxylic acids is 1. The minimum atomic E-state index is -5.08. The fourth-order valence-corrected chi connectivity index (χ4v) is 3.78. The van der Waals surface area contributed by atoms with Crippen LogP contribution in [0.15, 0.2) is 36.4 Å². The molecule has 3 rings (SSSR count). The Labute approximate surface area is 196 Å². The average Bonchev–Trinajstić information content (AvgIpc) is 2.77. The molecule has 1 aliphatic rings. The number of carbonyl (C=O) groups is 2. The third-order valence-electron chi connectivity index (χ3n) is 5.58. The first-order valence-corrected chi connectivity index (χ1v) is 10.8. The first kappa shape index (κ1) is 27.1. The second-order valence-electron chi connectivity index (χ2n) is 8.13. The Kier molecular flexibility index (Phi) is 9.43. The van der Waals surface area contributed by atoms with E-state index in [2.05, 4.69) is 29.4 Å². The van der Waals surface area contributed by atoms with Crippen LogP contribution in [0.5, 0.6) is 0 Å². The topological polar surface area (TPSA) is 81.7 Å². The van der Waals surface area contributed by atoms with Crippen LogP contribution in [0.4, 0.5) is 23.2 Å². The molecule has 10 heteroatoms. The van der Waals surface area contributed by atoms with Gasteiger partial charge in [-0.2, -0.15) is 13.2 Å². The first-order chi connectivity index (χ1) is 15.9. The van der Waals surface area contributed by atoms with Gasteiger partial charge in [-0.1, -0.05) is 0 Å². The Balaban J connectivity index is 0.000000509. The van der Waals surface area contributed by atoms with Gasteiger partial charge < -0.3 is 20.6 Å². The summed E-state index contributed by atoms with van der Waals surface area (Å²) in [7, 11) is 1.93. The van der Waals surface area contributed by atoms with Crippen molar-refractivity contribution in [1.29, 1.82) is 0 Å². The third-order valence-corrected chi connectivity index (χ3v) is 5.58. The SMILES string of the molecule is CNCc1c(C)cc(C(=O)NC2CCN(c3ccc(F)cc3)CC2)cc1C.O=C(O)C(F)(F)F. The highest BCUT2D eigenvalue weighted by molar-refractivity contribution is 5.95. The van der Waals surface area contributed by atoms with Crippen molar-refractivity contribution in [2.75, 3.05) is 25.0 Å². The van der Waals surface area contributed by atoms with Crippen molar-refractivity contribution in [2.24, 2.45) is 0 Å². The zero-order chi connectivity index (χ0) is 25.5.